The van der Waals surface area contributed by atoms with Crippen LogP contribution in [0.4, 0.5) is 10.1 Å². The molecule has 156 valence electrons. The van der Waals surface area contributed by atoms with E-state index in [1.54, 1.807) is 6.07 Å². The van der Waals surface area contributed by atoms with E-state index in [9.17, 15) is 23.9 Å². The summed E-state index contributed by atoms with van der Waals surface area (Å²) in [6.07, 6.45) is 1.88. The molecule has 1 aliphatic carbocycles. The number of hydrogen-bond acceptors (Lipinski definition) is 5. The molecule has 0 bridgehead atoms. The van der Waals surface area contributed by atoms with Crippen LogP contribution < -0.4 is 11.1 Å². The maximum atomic E-state index is 14.0. The summed E-state index contributed by atoms with van der Waals surface area (Å²) in [6, 6.07) is 12.5. The van der Waals surface area contributed by atoms with Crippen molar-refractivity contribution in [3.8, 4) is 0 Å². The molecule has 1 fully saturated rings. The summed E-state index contributed by atoms with van der Waals surface area (Å²) in [7, 11) is 0. The third-order valence-corrected chi connectivity index (χ3v) is 6.41. The Morgan fingerprint density at radius 2 is 1.80 bits per heavy atom. The van der Waals surface area contributed by atoms with Crippen LogP contribution in [-0.2, 0) is 9.59 Å². The zero-order valence-electron chi connectivity index (χ0n) is 16.3. The maximum absolute atomic E-state index is 14.0. The van der Waals surface area contributed by atoms with E-state index in [1.807, 2.05) is 18.2 Å². The molecular weight excluding hydrogens is 387 g/mol. The van der Waals surface area contributed by atoms with Gasteiger partial charge in [-0.25, -0.2) is 4.39 Å². The number of nitrogens with two attached hydrogens (primary N) is 1. The van der Waals surface area contributed by atoms with Crippen LogP contribution >= 0.6 is 0 Å². The number of rotatable bonds is 6. The molecule has 4 atom stereocenters. The first-order chi connectivity index (χ1) is 14.3. The molecule has 0 aromatic heterocycles. The third kappa shape index (κ3) is 3.29. The van der Waals surface area contributed by atoms with Gasteiger partial charge in [-0.15, -0.1) is 0 Å². The second kappa shape index (κ2) is 7.65. The van der Waals surface area contributed by atoms with Gasteiger partial charge in [-0.1, -0.05) is 36.8 Å². The first-order valence-electron chi connectivity index (χ1n) is 10.0. The molecule has 0 spiro atoms. The minimum atomic E-state index is -1.98. The molecule has 30 heavy (non-hydrogen) atoms. The molecular formula is C23H23FN2O4. The molecule has 4 N–H and O–H groups in total. The molecule has 1 saturated carbocycles. The molecule has 4 unspecified atom stereocenters. The summed E-state index contributed by atoms with van der Waals surface area (Å²) in [5.41, 5.74) is 5.62. The van der Waals surface area contributed by atoms with Crippen molar-refractivity contribution >= 4 is 23.2 Å². The summed E-state index contributed by atoms with van der Waals surface area (Å²) in [6.45, 7) is 0. The highest BCUT2D eigenvalue weighted by atomic mass is 19.1. The lowest BCUT2D eigenvalue weighted by Gasteiger charge is -2.44. The average molecular weight is 410 g/mol. The number of ketones is 2. The van der Waals surface area contributed by atoms with Crippen LogP contribution in [0.25, 0.3) is 0 Å². The van der Waals surface area contributed by atoms with E-state index >= 15 is 0 Å². The number of hydrogen-bond donors (Lipinski definition) is 3. The molecule has 0 radical (unpaired) electrons. The molecule has 4 rings (SSSR count). The van der Waals surface area contributed by atoms with Gasteiger partial charge in [0.2, 0.25) is 11.6 Å². The van der Waals surface area contributed by atoms with Gasteiger partial charge < -0.3 is 16.2 Å². The van der Waals surface area contributed by atoms with Gasteiger partial charge >= 0.3 is 5.97 Å². The third-order valence-electron chi connectivity index (χ3n) is 6.41. The Bertz CT molecular complexity index is 1020. The molecule has 7 heteroatoms. The summed E-state index contributed by atoms with van der Waals surface area (Å²) < 4.78 is 14.0. The first-order valence-corrected chi connectivity index (χ1v) is 10.0. The average Bonchev–Trinajstić information content (AvgIpc) is 3.19. The van der Waals surface area contributed by atoms with Gasteiger partial charge in [-0.05, 0) is 42.5 Å². The van der Waals surface area contributed by atoms with Gasteiger partial charge in [0, 0.05) is 24.1 Å². The van der Waals surface area contributed by atoms with Gasteiger partial charge in [0.25, 0.3) is 0 Å². The van der Waals surface area contributed by atoms with Crippen LogP contribution in [0.3, 0.4) is 0 Å². The monoisotopic (exact) mass is 410 g/mol. The standard InChI is InChI=1S/C23H23FN2O4/c24-16-9-3-1-6-13(16)21(28)19(27)12-23(25,22(29)30)20-14-7-2-4-10-17(14)26-18-11-5-8-15(18)20/h1-4,6-7,9-10,15,18,20,26H,5,8,11-12,25H2,(H,29,30). The number of benzene rings is 2. The number of aliphatic carboxylic acids is 1. The molecule has 6 nitrogen and oxygen atoms in total. The number of carbonyl (C=O) groups excluding carboxylic acids is 2. The molecule has 0 saturated heterocycles. The lowest BCUT2D eigenvalue weighted by Crippen LogP contribution is -2.59. The largest absolute Gasteiger partial charge is 0.480 e. The zero-order valence-corrected chi connectivity index (χ0v) is 16.3. The Morgan fingerprint density at radius 1 is 1.10 bits per heavy atom. The molecule has 2 aliphatic rings. The zero-order chi connectivity index (χ0) is 21.5. The fourth-order valence-corrected chi connectivity index (χ4v) is 5.02. The Balaban J connectivity index is 1.72. The summed E-state index contributed by atoms with van der Waals surface area (Å²) in [4.78, 5) is 37.8. The summed E-state index contributed by atoms with van der Waals surface area (Å²) in [5, 5.41) is 13.6. The highest BCUT2D eigenvalue weighted by Gasteiger charge is 2.53. The first kappa shape index (κ1) is 20.2. The van der Waals surface area contributed by atoms with Gasteiger partial charge in [-0.3, -0.25) is 14.4 Å². The van der Waals surface area contributed by atoms with Crippen LogP contribution in [0.15, 0.2) is 48.5 Å². The molecule has 1 heterocycles. The molecule has 1 aliphatic heterocycles. The smallest absolute Gasteiger partial charge is 0.324 e. The van der Waals surface area contributed by atoms with E-state index in [4.69, 9.17) is 5.73 Å². The predicted octanol–water partition coefficient (Wildman–Crippen LogP) is 3.13. The van der Waals surface area contributed by atoms with Crippen LogP contribution in [0.2, 0.25) is 0 Å². The van der Waals surface area contributed by atoms with Crippen LogP contribution in [-0.4, -0.2) is 34.2 Å². The van der Waals surface area contributed by atoms with Gasteiger partial charge in [0.1, 0.15) is 11.4 Å². The van der Waals surface area contributed by atoms with Crippen molar-refractivity contribution < 1.29 is 23.9 Å². The highest BCUT2D eigenvalue weighted by molar-refractivity contribution is 6.44. The number of nitrogens with one attached hydrogen (secondary N) is 1. The maximum Gasteiger partial charge on any atom is 0.324 e. The Labute approximate surface area is 173 Å². The fourth-order valence-electron chi connectivity index (χ4n) is 5.02. The van der Waals surface area contributed by atoms with E-state index in [0.717, 1.165) is 36.6 Å². The van der Waals surface area contributed by atoms with Gasteiger partial charge in [0.15, 0.2) is 0 Å². The number of carboxylic acid groups (broad SMARTS) is 1. The lowest BCUT2D eigenvalue weighted by molar-refractivity contribution is -0.146. The van der Waals surface area contributed by atoms with Crippen LogP contribution in [0, 0.1) is 11.7 Å². The van der Waals surface area contributed by atoms with Crippen molar-refractivity contribution in [2.24, 2.45) is 11.7 Å². The van der Waals surface area contributed by atoms with Crippen molar-refractivity contribution in [2.75, 3.05) is 5.32 Å². The van der Waals surface area contributed by atoms with E-state index in [1.165, 1.54) is 18.2 Å². The number of para-hydroxylation sites is 1. The normalized spacial score (nSPS) is 24.1. The van der Waals surface area contributed by atoms with E-state index in [2.05, 4.69) is 5.32 Å². The number of Topliss-reactive ketones (excluding diaryl/α,β-unsaturated/α-hetero) is 2. The van der Waals surface area contributed by atoms with E-state index < -0.39 is 41.2 Å². The summed E-state index contributed by atoms with van der Waals surface area (Å²) >= 11 is 0. The van der Waals surface area contributed by atoms with Crippen molar-refractivity contribution in [1.82, 2.24) is 0 Å². The van der Waals surface area contributed by atoms with Crippen molar-refractivity contribution in [3.63, 3.8) is 0 Å². The highest BCUT2D eigenvalue weighted by Crippen LogP contribution is 2.50. The quantitative estimate of drug-likeness (QED) is 0.499. The second-order valence-electron chi connectivity index (χ2n) is 8.16. The van der Waals surface area contributed by atoms with Crippen LogP contribution in [0.5, 0.6) is 0 Å². The number of anilines is 1. The second-order valence-corrected chi connectivity index (χ2v) is 8.16. The number of carboxylic acids is 1. The Kier molecular flexibility index (Phi) is 5.15. The number of halogens is 1. The number of fused-ring (bicyclic) bond motifs is 2. The molecule has 0 amide bonds. The van der Waals surface area contributed by atoms with E-state index in [-0.39, 0.29) is 17.5 Å². The summed E-state index contributed by atoms with van der Waals surface area (Å²) in [5.74, 6) is -4.94. The topological polar surface area (TPSA) is 109 Å². The van der Waals surface area contributed by atoms with E-state index in [0.29, 0.717) is 0 Å². The van der Waals surface area contributed by atoms with Crippen molar-refractivity contribution in [2.45, 2.75) is 43.2 Å². The van der Waals surface area contributed by atoms with Crippen molar-refractivity contribution in [3.05, 3.63) is 65.5 Å². The van der Waals surface area contributed by atoms with Gasteiger partial charge in [0.05, 0.1) is 5.56 Å². The predicted molar refractivity (Wildman–Crippen MR) is 109 cm³/mol. The molecule has 2 aromatic rings. The molecule has 2 aromatic carbocycles. The van der Waals surface area contributed by atoms with Crippen LogP contribution in [0.1, 0.15) is 47.5 Å². The number of carbonyl (C=O) groups is 3. The minimum absolute atomic E-state index is 0.0598. The fraction of sp³-hybridized carbons (Fsp3) is 0.348. The lowest BCUT2D eigenvalue weighted by atomic mass is 9.66. The van der Waals surface area contributed by atoms with Crippen molar-refractivity contribution in [1.29, 1.82) is 0 Å². The van der Waals surface area contributed by atoms with Gasteiger partial charge in [-0.2, -0.15) is 0 Å². The minimum Gasteiger partial charge on any atom is -0.480 e. The Morgan fingerprint density at radius 3 is 2.53 bits per heavy atom. The Hall–Kier alpha value is -3.06. The SMILES string of the molecule is NC(CC(=O)C(=O)c1ccccc1F)(C(=O)O)C1c2ccccc2NC2CCCC21.